The van der Waals surface area contributed by atoms with E-state index in [0.717, 1.165) is 6.54 Å². The molecule has 68 heavy (non-hydrogen) atoms. The van der Waals surface area contributed by atoms with Crippen molar-refractivity contribution in [1.29, 1.82) is 0 Å². The second-order valence-corrected chi connectivity index (χ2v) is 16.6. The molecule has 0 spiro atoms. The van der Waals surface area contributed by atoms with Crippen molar-refractivity contribution in [2.45, 2.75) is 55.4 Å². The largest absolute Gasteiger partial charge is 0.331 e. The van der Waals surface area contributed by atoms with E-state index in [1.807, 2.05) is 34.6 Å². The van der Waals surface area contributed by atoms with Crippen LogP contribution < -0.4 is 5.73 Å². The van der Waals surface area contributed by atoms with Gasteiger partial charge >= 0.3 is 0 Å². The highest BCUT2D eigenvalue weighted by Gasteiger charge is 2.31. The molecule has 338 valence electrons. The van der Waals surface area contributed by atoms with E-state index >= 15 is 0 Å². The van der Waals surface area contributed by atoms with Crippen LogP contribution >= 0.6 is 0 Å². The Hall–Kier alpha value is -7.58. The second kappa shape index (κ2) is 23.2. The van der Waals surface area contributed by atoms with Gasteiger partial charge in [-0.1, -0.05) is 276 Å². The highest BCUT2D eigenvalue weighted by atomic mass is 14.5. The van der Waals surface area contributed by atoms with Gasteiger partial charge in [0, 0.05) is 0 Å². The molecule has 0 aliphatic heterocycles. The third-order valence-corrected chi connectivity index (χ3v) is 12.1. The van der Waals surface area contributed by atoms with Crippen molar-refractivity contribution in [3.63, 3.8) is 0 Å². The molecule has 0 heterocycles. The first-order valence-electron chi connectivity index (χ1n) is 24.4. The molecule has 0 saturated heterocycles. The van der Waals surface area contributed by atoms with Crippen molar-refractivity contribution in [3.05, 3.63) is 241 Å². The third kappa shape index (κ3) is 10.3. The maximum Gasteiger partial charge on any atom is -0.000741 e. The molecule has 0 radical (unpaired) electrons. The van der Waals surface area contributed by atoms with E-state index in [2.05, 4.69) is 245 Å². The van der Waals surface area contributed by atoms with Crippen molar-refractivity contribution in [3.8, 4) is 55.6 Å². The van der Waals surface area contributed by atoms with Crippen LogP contribution in [0, 0.1) is 20.8 Å². The van der Waals surface area contributed by atoms with Crippen molar-refractivity contribution in [2.24, 2.45) is 5.73 Å². The lowest BCUT2D eigenvalue weighted by atomic mass is 9.82. The van der Waals surface area contributed by atoms with Crippen LogP contribution in [0.25, 0.3) is 98.7 Å². The predicted molar refractivity (Wildman–Crippen MR) is 302 cm³/mol. The molecule has 0 saturated carbocycles. The molecule has 0 aromatic heterocycles. The smallest absolute Gasteiger partial charge is 0.000741 e. The summed E-state index contributed by atoms with van der Waals surface area (Å²) in [5.41, 5.74) is 21.8. The van der Waals surface area contributed by atoms with Gasteiger partial charge in [0.15, 0.2) is 0 Å². The summed E-state index contributed by atoms with van der Waals surface area (Å²) in [4.78, 5) is 0. The minimum absolute atomic E-state index is 0.750. The van der Waals surface area contributed by atoms with Gasteiger partial charge in [-0.25, -0.2) is 0 Å². The molecule has 0 fully saturated rings. The third-order valence-electron chi connectivity index (χ3n) is 12.1. The summed E-state index contributed by atoms with van der Waals surface area (Å²) in [5, 5.41) is 10.6. The van der Waals surface area contributed by atoms with Crippen molar-refractivity contribution >= 4 is 43.1 Å². The summed E-state index contributed by atoms with van der Waals surface area (Å²) in [6.07, 6.45) is 0. The summed E-state index contributed by atoms with van der Waals surface area (Å²) < 4.78 is 0. The first-order valence-corrected chi connectivity index (χ1v) is 24.4. The van der Waals surface area contributed by atoms with Crippen LogP contribution in [0.2, 0.25) is 0 Å². The van der Waals surface area contributed by atoms with E-state index in [4.69, 9.17) is 5.73 Å². The summed E-state index contributed by atoms with van der Waals surface area (Å²) in [6.45, 7) is 17.1. The summed E-state index contributed by atoms with van der Waals surface area (Å²) >= 11 is 0. The van der Waals surface area contributed by atoms with Gasteiger partial charge in [-0.3, -0.25) is 0 Å². The number of fused-ring (bicyclic) bond motifs is 6. The minimum atomic E-state index is 0.750. The zero-order chi connectivity index (χ0) is 48.0. The maximum absolute atomic E-state index is 4.85. The fourth-order valence-electron chi connectivity index (χ4n) is 9.29. The number of hydrogen-bond donors (Lipinski definition) is 1. The van der Waals surface area contributed by atoms with Crippen LogP contribution in [0.1, 0.15) is 51.3 Å². The van der Waals surface area contributed by atoms with Crippen LogP contribution in [-0.2, 0) is 0 Å². The van der Waals surface area contributed by atoms with Gasteiger partial charge in [-0.15, -0.1) is 0 Å². The lowest BCUT2D eigenvalue weighted by molar-refractivity contribution is 1.14. The molecule has 0 atom stereocenters. The Morgan fingerprint density at radius 2 is 0.662 bits per heavy atom. The molecule has 1 heteroatoms. The molecule has 2 N–H and O–H groups in total. The molecule has 0 bridgehead atoms. The maximum atomic E-state index is 4.85. The molecule has 11 aromatic carbocycles. The molecular formula is C67H65N. The standard InChI is InChI=1S/C39H26.2C11H10.C2H7N.2C2H6/c1-25-12-10-17-28(24-25)29-22-23-34-37-30(29)20-11-21-33(37)38-35(26-13-4-2-5-14-26)31-18-8-9-19-32(31)36(39(34)38)27-15-6-3-7-16-27;2*1-9-6-7-10-4-2-3-5-11(10)8-9;1-2-3;2*1-2/h2-24H,1H3;2*2-8H,1H3;2-3H2,1H3;2*1-2H3. The zero-order valence-corrected chi connectivity index (χ0v) is 41.1. The average molecular weight is 884 g/mol. The number of aryl methyl sites for hydroxylation is 3. The summed E-state index contributed by atoms with van der Waals surface area (Å²) in [7, 11) is 0. The molecule has 11 aromatic rings. The Labute approximate surface area is 405 Å². The highest BCUT2D eigenvalue weighted by molar-refractivity contribution is 6.28. The first kappa shape index (κ1) is 48.4. The lowest BCUT2D eigenvalue weighted by Gasteiger charge is -2.20. The van der Waals surface area contributed by atoms with Gasteiger partial charge in [0.1, 0.15) is 0 Å². The van der Waals surface area contributed by atoms with Gasteiger partial charge in [-0.05, 0) is 126 Å². The van der Waals surface area contributed by atoms with Crippen molar-refractivity contribution in [1.82, 2.24) is 0 Å². The number of rotatable bonds is 3. The highest BCUT2D eigenvalue weighted by Crippen LogP contribution is 2.58. The predicted octanol–water partition coefficient (Wildman–Crippen LogP) is 19.3. The van der Waals surface area contributed by atoms with Crippen molar-refractivity contribution < 1.29 is 0 Å². The summed E-state index contributed by atoms with van der Waals surface area (Å²) in [6, 6.07) is 81.0. The fraction of sp³-hybridized carbons (Fsp3) is 0.134. The van der Waals surface area contributed by atoms with E-state index in [9.17, 15) is 0 Å². The molecule has 12 rings (SSSR count). The van der Waals surface area contributed by atoms with Gasteiger partial charge < -0.3 is 5.73 Å². The summed E-state index contributed by atoms with van der Waals surface area (Å²) in [5.74, 6) is 0. The van der Waals surface area contributed by atoms with E-state index in [-0.39, 0.29) is 0 Å². The van der Waals surface area contributed by atoms with Crippen LogP contribution in [0.4, 0.5) is 0 Å². The Bertz CT molecular complexity index is 3230. The lowest BCUT2D eigenvalue weighted by Crippen LogP contribution is -1.93. The van der Waals surface area contributed by atoms with Gasteiger partial charge in [0.25, 0.3) is 0 Å². The van der Waals surface area contributed by atoms with Gasteiger partial charge in [0.05, 0.1) is 0 Å². The molecule has 1 nitrogen and oxygen atoms in total. The topological polar surface area (TPSA) is 26.0 Å². The van der Waals surface area contributed by atoms with E-state index in [1.54, 1.807) is 0 Å². The van der Waals surface area contributed by atoms with Crippen LogP contribution in [0.5, 0.6) is 0 Å². The van der Waals surface area contributed by atoms with Crippen LogP contribution in [0.15, 0.2) is 224 Å². The van der Waals surface area contributed by atoms with E-state index in [1.165, 1.54) is 115 Å². The molecule has 0 unspecified atom stereocenters. The molecule has 0 amide bonds. The van der Waals surface area contributed by atoms with Crippen molar-refractivity contribution in [2.75, 3.05) is 6.54 Å². The quantitative estimate of drug-likeness (QED) is 0.188. The second-order valence-electron chi connectivity index (χ2n) is 16.6. The Balaban J connectivity index is 0.000000191. The Morgan fingerprint density at radius 3 is 1.15 bits per heavy atom. The Kier molecular flexibility index (Phi) is 16.5. The monoisotopic (exact) mass is 884 g/mol. The first-order chi connectivity index (χ1) is 33.4. The van der Waals surface area contributed by atoms with E-state index < -0.39 is 0 Å². The Morgan fingerprint density at radius 1 is 0.294 bits per heavy atom. The molecule has 1 aliphatic carbocycles. The normalized spacial score (nSPS) is 10.5. The fourth-order valence-corrected chi connectivity index (χ4v) is 9.29. The molecular weight excluding hydrogens is 819 g/mol. The average Bonchev–Trinajstić information content (AvgIpc) is 3.72. The minimum Gasteiger partial charge on any atom is -0.331 e. The van der Waals surface area contributed by atoms with Gasteiger partial charge in [0.2, 0.25) is 0 Å². The number of nitrogens with two attached hydrogens (primary N) is 1. The zero-order valence-electron chi connectivity index (χ0n) is 41.1. The number of benzene rings is 11. The van der Waals surface area contributed by atoms with Crippen LogP contribution in [-0.4, -0.2) is 6.54 Å². The van der Waals surface area contributed by atoms with Gasteiger partial charge in [-0.2, -0.15) is 0 Å². The van der Waals surface area contributed by atoms with Crippen LogP contribution in [0.3, 0.4) is 0 Å². The van der Waals surface area contributed by atoms with E-state index in [0.29, 0.717) is 0 Å². The SMILES string of the molecule is CC.CC.CCN.Cc1ccc2ccccc2c1.Cc1ccc2ccccc2c1.Cc1cccc(-c2ccc3c4c(cccc24)-c2c-3c(-c3ccccc3)c3ccccc3c2-c2ccccc2)c1. The molecule has 1 aliphatic rings. The number of hydrogen-bond acceptors (Lipinski definition) is 1.